The van der Waals surface area contributed by atoms with Crippen LogP contribution in [-0.2, 0) is 0 Å². The maximum atomic E-state index is 2.55. The Morgan fingerprint density at radius 1 is 0.541 bits per heavy atom. The lowest BCUT2D eigenvalue weighted by atomic mass is 9.77. The van der Waals surface area contributed by atoms with Gasteiger partial charge in [-0.2, -0.15) is 0 Å². The summed E-state index contributed by atoms with van der Waals surface area (Å²) < 4.78 is 0. The van der Waals surface area contributed by atoms with Crippen LogP contribution in [0, 0.1) is 11.8 Å². The van der Waals surface area contributed by atoms with Gasteiger partial charge in [0.15, 0.2) is 0 Å². The summed E-state index contributed by atoms with van der Waals surface area (Å²) in [6.45, 7) is 4.61. The third-order valence-corrected chi connectivity index (χ3v) is 9.52. The van der Waals surface area contributed by atoms with Crippen LogP contribution in [-0.4, -0.2) is 0 Å². The highest BCUT2D eigenvalue weighted by Gasteiger charge is 2.22. The molecule has 4 rings (SSSR count). The third-order valence-electron chi connectivity index (χ3n) is 9.52. The van der Waals surface area contributed by atoms with Gasteiger partial charge in [-0.3, -0.25) is 0 Å². The molecule has 1 unspecified atom stereocenters. The first-order valence-electron chi connectivity index (χ1n) is 16.2. The molecule has 37 heavy (non-hydrogen) atoms. The molecular formula is C37H54. The van der Waals surface area contributed by atoms with Crippen LogP contribution in [0.1, 0.15) is 146 Å². The molecule has 202 valence electrons. The van der Waals surface area contributed by atoms with E-state index in [0.29, 0.717) is 0 Å². The zero-order valence-electron chi connectivity index (χ0n) is 24.2. The van der Waals surface area contributed by atoms with Crippen LogP contribution in [0.2, 0.25) is 0 Å². The number of rotatable bonds is 14. The summed E-state index contributed by atoms with van der Waals surface area (Å²) in [5, 5.41) is 0. The van der Waals surface area contributed by atoms with Gasteiger partial charge in [-0.05, 0) is 90.5 Å². The quantitative estimate of drug-likeness (QED) is 0.227. The molecule has 0 heteroatoms. The standard InChI is InChI=1S/C37H54/c1-3-5-7-9-11-13-31-16-20-33(21-17-31)35-24-28-37(29-25-35)36-26-22-34(23-27-36)32-18-14-30(15-19-32)12-10-8-6-4-2/h20,22-32H,3-19,21H2,1-2H3. The monoisotopic (exact) mass is 498 g/mol. The Morgan fingerprint density at radius 3 is 1.68 bits per heavy atom. The van der Waals surface area contributed by atoms with Crippen LogP contribution >= 0.6 is 0 Å². The topological polar surface area (TPSA) is 0 Å². The van der Waals surface area contributed by atoms with Gasteiger partial charge in [0, 0.05) is 0 Å². The van der Waals surface area contributed by atoms with Gasteiger partial charge in [0.2, 0.25) is 0 Å². The van der Waals surface area contributed by atoms with Crippen molar-refractivity contribution in [3.63, 3.8) is 0 Å². The highest BCUT2D eigenvalue weighted by Crippen LogP contribution is 2.39. The lowest BCUT2D eigenvalue weighted by Gasteiger charge is -2.29. The minimum absolute atomic E-state index is 0.779. The second-order valence-corrected chi connectivity index (χ2v) is 12.3. The Bertz CT molecular complexity index is 908. The fraction of sp³-hybridized carbons (Fsp3) is 0.622. The van der Waals surface area contributed by atoms with E-state index < -0.39 is 0 Å². The van der Waals surface area contributed by atoms with E-state index in [2.05, 4.69) is 68.5 Å². The molecule has 0 amide bonds. The lowest BCUT2D eigenvalue weighted by molar-refractivity contribution is 0.302. The van der Waals surface area contributed by atoms with Crippen LogP contribution in [0.4, 0.5) is 0 Å². The number of hydrogen-bond donors (Lipinski definition) is 0. The molecule has 0 spiro atoms. The van der Waals surface area contributed by atoms with Crippen LogP contribution in [0.3, 0.4) is 0 Å². The van der Waals surface area contributed by atoms with E-state index >= 15 is 0 Å². The zero-order valence-corrected chi connectivity index (χ0v) is 24.2. The van der Waals surface area contributed by atoms with Gasteiger partial charge in [-0.15, -0.1) is 0 Å². The van der Waals surface area contributed by atoms with Gasteiger partial charge in [0.25, 0.3) is 0 Å². The predicted octanol–water partition coefficient (Wildman–Crippen LogP) is 12.1. The molecule has 0 aliphatic heterocycles. The van der Waals surface area contributed by atoms with Crippen molar-refractivity contribution >= 4 is 5.57 Å². The average molecular weight is 499 g/mol. The van der Waals surface area contributed by atoms with Crippen LogP contribution < -0.4 is 0 Å². The fourth-order valence-electron chi connectivity index (χ4n) is 6.92. The van der Waals surface area contributed by atoms with Gasteiger partial charge in [-0.25, -0.2) is 0 Å². The molecule has 2 aliphatic carbocycles. The fourth-order valence-corrected chi connectivity index (χ4v) is 6.92. The summed E-state index contributed by atoms with van der Waals surface area (Å²) in [5.41, 5.74) is 7.29. The van der Waals surface area contributed by atoms with Gasteiger partial charge >= 0.3 is 0 Å². The molecular weight excluding hydrogens is 444 g/mol. The van der Waals surface area contributed by atoms with Crippen LogP contribution in [0.5, 0.6) is 0 Å². The predicted molar refractivity (Wildman–Crippen MR) is 164 cm³/mol. The second kappa shape index (κ2) is 15.6. The van der Waals surface area contributed by atoms with Gasteiger partial charge in [-0.1, -0.05) is 139 Å². The zero-order chi connectivity index (χ0) is 25.7. The molecule has 0 bridgehead atoms. The number of hydrogen-bond acceptors (Lipinski definition) is 0. The smallest absolute Gasteiger partial charge is 0.0162 e. The molecule has 0 radical (unpaired) electrons. The number of allylic oxidation sites excluding steroid dienone is 2. The van der Waals surface area contributed by atoms with Crippen LogP contribution in [0.25, 0.3) is 16.7 Å². The van der Waals surface area contributed by atoms with Crippen molar-refractivity contribution in [2.45, 2.75) is 135 Å². The minimum atomic E-state index is 0.779. The molecule has 2 aliphatic rings. The van der Waals surface area contributed by atoms with Gasteiger partial charge in [0.05, 0.1) is 0 Å². The molecule has 1 fully saturated rings. The SMILES string of the molecule is CCCCCCCC1CC=C(c2ccc(-c3ccc(C4CCC(CCCCCC)CC4)cc3)cc2)CC1. The minimum Gasteiger partial charge on any atom is -0.0804 e. The molecule has 0 nitrogen and oxygen atoms in total. The molecule has 0 heterocycles. The Kier molecular flexibility index (Phi) is 11.9. The van der Waals surface area contributed by atoms with Crippen molar-refractivity contribution in [1.82, 2.24) is 0 Å². The Labute approximate surface area is 229 Å². The first kappa shape index (κ1) is 28.2. The summed E-state index contributed by atoms with van der Waals surface area (Å²) in [6.07, 6.45) is 27.8. The third kappa shape index (κ3) is 8.87. The van der Waals surface area contributed by atoms with E-state index in [4.69, 9.17) is 0 Å². The highest BCUT2D eigenvalue weighted by molar-refractivity contribution is 5.71. The Balaban J connectivity index is 1.23. The van der Waals surface area contributed by atoms with E-state index in [9.17, 15) is 0 Å². The van der Waals surface area contributed by atoms with Crippen LogP contribution in [0.15, 0.2) is 54.6 Å². The molecule has 0 aromatic heterocycles. The van der Waals surface area contributed by atoms with Crippen molar-refractivity contribution in [1.29, 1.82) is 0 Å². The normalized spacial score (nSPS) is 22.1. The lowest BCUT2D eigenvalue weighted by Crippen LogP contribution is -2.13. The van der Waals surface area contributed by atoms with E-state index in [1.807, 2.05) is 0 Å². The van der Waals surface area contributed by atoms with Crippen molar-refractivity contribution in [2.24, 2.45) is 11.8 Å². The molecule has 1 saturated carbocycles. The van der Waals surface area contributed by atoms with E-state index in [1.54, 1.807) is 11.1 Å². The maximum Gasteiger partial charge on any atom is -0.0162 e. The molecule has 0 N–H and O–H groups in total. The molecule has 0 saturated heterocycles. The van der Waals surface area contributed by atoms with Crippen molar-refractivity contribution in [3.8, 4) is 11.1 Å². The summed E-state index contributed by atoms with van der Waals surface area (Å²) in [5.74, 6) is 2.69. The number of benzene rings is 2. The average Bonchev–Trinajstić information content (AvgIpc) is 2.96. The Hall–Kier alpha value is -1.82. The van der Waals surface area contributed by atoms with Crippen molar-refractivity contribution in [2.75, 3.05) is 0 Å². The van der Waals surface area contributed by atoms with Crippen molar-refractivity contribution < 1.29 is 0 Å². The van der Waals surface area contributed by atoms with Gasteiger partial charge in [0.1, 0.15) is 0 Å². The van der Waals surface area contributed by atoms with E-state index in [1.165, 1.54) is 132 Å². The highest BCUT2D eigenvalue weighted by atomic mass is 14.3. The molecule has 2 aromatic rings. The largest absolute Gasteiger partial charge is 0.0804 e. The summed E-state index contributed by atoms with van der Waals surface area (Å²) in [6, 6.07) is 19.0. The summed E-state index contributed by atoms with van der Waals surface area (Å²) in [4.78, 5) is 0. The summed E-state index contributed by atoms with van der Waals surface area (Å²) >= 11 is 0. The molecule has 2 aromatic carbocycles. The number of unbranched alkanes of at least 4 members (excludes halogenated alkanes) is 7. The first-order chi connectivity index (χ1) is 18.3. The van der Waals surface area contributed by atoms with E-state index in [-0.39, 0.29) is 0 Å². The van der Waals surface area contributed by atoms with Gasteiger partial charge < -0.3 is 0 Å². The van der Waals surface area contributed by atoms with E-state index in [0.717, 1.165) is 17.8 Å². The Morgan fingerprint density at radius 2 is 1.08 bits per heavy atom. The van der Waals surface area contributed by atoms with Crippen molar-refractivity contribution in [3.05, 3.63) is 65.7 Å². The molecule has 1 atom stereocenters. The summed E-state index contributed by atoms with van der Waals surface area (Å²) in [7, 11) is 0. The first-order valence-corrected chi connectivity index (χ1v) is 16.2. The second-order valence-electron chi connectivity index (χ2n) is 12.3. The maximum absolute atomic E-state index is 2.55.